The lowest BCUT2D eigenvalue weighted by molar-refractivity contribution is 0.00971. The Morgan fingerprint density at radius 3 is 2.71 bits per heavy atom. The molecule has 2 atom stereocenters. The van der Waals surface area contributed by atoms with E-state index in [1.54, 1.807) is 6.20 Å². The molecule has 2 saturated heterocycles. The molecule has 0 spiro atoms. The average molecular weight is 191 g/mol. The molecule has 1 aromatic rings. The number of morpholine rings is 1. The number of fused-ring (bicyclic) bond motifs is 2. The van der Waals surface area contributed by atoms with E-state index in [1.807, 2.05) is 12.1 Å². The van der Waals surface area contributed by atoms with Crippen LogP contribution in [-0.2, 0) is 4.74 Å². The number of pyridine rings is 1. The SMILES string of the molecule is Nc1ccc(N2[C@H]3COC[C@H]2C3)nc1. The van der Waals surface area contributed by atoms with Crippen LogP contribution in [0, 0.1) is 0 Å². The zero-order chi connectivity index (χ0) is 9.54. The summed E-state index contributed by atoms with van der Waals surface area (Å²) in [7, 11) is 0. The minimum absolute atomic E-state index is 0.532. The molecule has 4 heteroatoms. The molecule has 0 saturated carbocycles. The summed E-state index contributed by atoms with van der Waals surface area (Å²) in [4.78, 5) is 6.66. The topological polar surface area (TPSA) is 51.4 Å². The first kappa shape index (κ1) is 8.05. The lowest BCUT2D eigenvalue weighted by Crippen LogP contribution is -2.64. The Morgan fingerprint density at radius 1 is 1.36 bits per heavy atom. The third kappa shape index (κ3) is 1.07. The fourth-order valence-corrected chi connectivity index (χ4v) is 2.26. The number of rotatable bonds is 1. The zero-order valence-corrected chi connectivity index (χ0v) is 7.89. The summed E-state index contributed by atoms with van der Waals surface area (Å²) in [6.07, 6.45) is 2.95. The van der Waals surface area contributed by atoms with Crippen molar-refractivity contribution in [1.82, 2.24) is 4.98 Å². The van der Waals surface area contributed by atoms with Gasteiger partial charge in [0.25, 0.3) is 0 Å². The fourth-order valence-electron chi connectivity index (χ4n) is 2.26. The summed E-state index contributed by atoms with van der Waals surface area (Å²) < 4.78 is 5.41. The third-order valence-corrected chi connectivity index (χ3v) is 2.99. The van der Waals surface area contributed by atoms with Crippen molar-refractivity contribution in [1.29, 1.82) is 0 Å². The molecule has 1 aromatic heterocycles. The smallest absolute Gasteiger partial charge is 0.129 e. The maximum atomic E-state index is 5.60. The van der Waals surface area contributed by atoms with E-state index in [0.29, 0.717) is 12.1 Å². The standard InChI is InChI=1S/C10H13N3O/c11-7-1-2-10(12-4-7)13-8-3-9(13)6-14-5-8/h1-2,4,8-9H,3,5-6,11H2/t8-,9-/m1/s1. The third-order valence-electron chi connectivity index (χ3n) is 2.99. The van der Waals surface area contributed by atoms with Crippen LogP contribution in [0.4, 0.5) is 11.5 Å². The summed E-state index contributed by atoms with van der Waals surface area (Å²) in [6, 6.07) is 4.95. The van der Waals surface area contributed by atoms with Crippen LogP contribution in [-0.4, -0.2) is 30.3 Å². The number of aromatic nitrogens is 1. The van der Waals surface area contributed by atoms with E-state index >= 15 is 0 Å². The molecule has 0 aromatic carbocycles. The molecule has 3 rings (SSSR count). The maximum absolute atomic E-state index is 5.60. The van der Waals surface area contributed by atoms with Crippen molar-refractivity contribution >= 4 is 11.5 Å². The predicted octanol–water partition coefficient (Wildman–Crippen LogP) is 0.641. The van der Waals surface area contributed by atoms with Gasteiger partial charge in [-0.2, -0.15) is 0 Å². The van der Waals surface area contributed by atoms with Crippen molar-refractivity contribution < 1.29 is 4.74 Å². The molecule has 3 heterocycles. The number of nitrogen functional groups attached to an aromatic ring is 1. The molecule has 2 bridgehead atoms. The molecule has 2 fully saturated rings. The second-order valence-electron chi connectivity index (χ2n) is 3.94. The summed E-state index contributed by atoms with van der Waals surface area (Å²) in [5, 5.41) is 0. The van der Waals surface area contributed by atoms with Gasteiger partial charge < -0.3 is 15.4 Å². The molecule has 74 valence electrons. The Morgan fingerprint density at radius 2 is 2.14 bits per heavy atom. The summed E-state index contributed by atoms with van der Waals surface area (Å²) >= 11 is 0. The van der Waals surface area contributed by atoms with Gasteiger partial charge >= 0.3 is 0 Å². The highest BCUT2D eigenvalue weighted by Gasteiger charge is 2.42. The van der Waals surface area contributed by atoms with Gasteiger partial charge in [0, 0.05) is 0 Å². The van der Waals surface area contributed by atoms with Crippen molar-refractivity contribution in [2.24, 2.45) is 0 Å². The van der Waals surface area contributed by atoms with Crippen LogP contribution in [0.1, 0.15) is 6.42 Å². The highest BCUT2D eigenvalue weighted by molar-refractivity contribution is 5.50. The average Bonchev–Trinajstić information content (AvgIpc) is 2.22. The molecule has 2 aliphatic rings. The van der Waals surface area contributed by atoms with Gasteiger partial charge in [-0.25, -0.2) is 4.98 Å². The first-order chi connectivity index (χ1) is 6.84. The molecule has 0 unspecified atom stereocenters. The maximum Gasteiger partial charge on any atom is 0.129 e. The number of hydrogen-bond donors (Lipinski definition) is 1. The number of nitrogens with zero attached hydrogens (tertiary/aromatic N) is 2. The molecule has 0 aliphatic carbocycles. The Hall–Kier alpha value is -1.29. The van der Waals surface area contributed by atoms with E-state index < -0.39 is 0 Å². The summed E-state index contributed by atoms with van der Waals surface area (Å²) in [5.41, 5.74) is 6.31. The van der Waals surface area contributed by atoms with Crippen molar-refractivity contribution in [2.45, 2.75) is 18.5 Å². The second kappa shape index (κ2) is 2.85. The Balaban J connectivity index is 1.86. The van der Waals surface area contributed by atoms with Crippen LogP contribution >= 0.6 is 0 Å². The van der Waals surface area contributed by atoms with Gasteiger partial charge in [0.05, 0.1) is 37.2 Å². The monoisotopic (exact) mass is 191 g/mol. The number of ether oxygens (including phenoxy) is 1. The van der Waals surface area contributed by atoms with Crippen LogP contribution < -0.4 is 10.6 Å². The number of anilines is 2. The molecule has 2 N–H and O–H groups in total. The minimum atomic E-state index is 0.532. The molecule has 4 nitrogen and oxygen atoms in total. The fraction of sp³-hybridized carbons (Fsp3) is 0.500. The Kier molecular flexibility index (Phi) is 1.64. The van der Waals surface area contributed by atoms with E-state index in [1.165, 1.54) is 6.42 Å². The van der Waals surface area contributed by atoms with Crippen molar-refractivity contribution in [3.63, 3.8) is 0 Å². The molecule has 0 radical (unpaired) electrons. The first-order valence-electron chi connectivity index (χ1n) is 4.92. The van der Waals surface area contributed by atoms with Gasteiger partial charge in [0.15, 0.2) is 0 Å². The van der Waals surface area contributed by atoms with Gasteiger partial charge in [-0.1, -0.05) is 0 Å². The molecule has 2 aliphatic heterocycles. The van der Waals surface area contributed by atoms with Gasteiger partial charge in [-0.15, -0.1) is 0 Å². The first-order valence-corrected chi connectivity index (χ1v) is 4.92. The lowest BCUT2D eigenvalue weighted by Gasteiger charge is -2.53. The predicted molar refractivity (Wildman–Crippen MR) is 54.1 cm³/mol. The number of hydrogen-bond acceptors (Lipinski definition) is 4. The quantitative estimate of drug-likeness (QED) is 0.707. The van der Waals surface area contributed by atoms with Crippen LogP contribution in [0.25, 0.3) is 0 Å². The van der Waals surface area contributed by atoms with Crippen LogP contribution in [0.5, 0.6) is 0 Å². The lowest BCUT2D eigenvalue weighted by atomic mass is 9.91. The van der Waals surface area contributed by atoms with Crippen LogP contribution in [0.15, 0.2) is 18.3 Å². The minimum Gasteiger partial charge on any atom is -0.397 e. The molecular weight excluding hydrogens is 178 g/mol. The number of nitrogens with two attached hydrogens (primary N) is 1. The van der Waals surface area contributed by atoms with Gasteiger partial charge in [0.2, 0.25) is 0 Å². The van der Waals surface area contributed by atoms with E-state index in [0.717, 1.165) is 24.7 Å². The van der Waals surface area contributed by atoms with Crippen molar-refractivity contribution in [3.05, 3.63) is 18.3 Å². The highest BCUT2D eigenvalue weighted by Crippen LogP contribution is 2.34. The van der Waals surface area contributed by atoms with E-state index in [4.69, 9.17) is 10.5 Å². The highest BCUT2D eigenvalue weighted by atomic mass is 16.5. The second-order valence-corrected chi connectivity index (χ2v) is 3.94. The molecular formula is C10H13N3O. The zero-order valence-electron chi connectivity index (χ0n) is 7.89. The van der Waals surface area contributed by atoms with Gasteiger partial charge in [-0.3, -0.25) is 0 Å². The van der Waals surface area contributed by atoms with Gasteiger partial charge in [-0.05, 0) is 18.6 Å². The Labute approximate surface area is 82.7 Å². The van der Waals surface area contributed by atoms with E-state index in [-0.39, 0.29) is 0 Å². The van der Waals surface area contributed by atoms with E-state index in [2.05, 4.69) is 9.88 Å². The molecule has 0 amide bonds. The van der Waals surface area contributed by atoms with Crippen molar-refractivity contribution in [2.75, 3.05) is 23.8 Å². The van der Waals surface area contributed by atoms with E-state index in [9.17, 15) is 0 Å². The van der Waals surface area contributed by atoms with Crippen LogP contribution in [0.2, 0.25) is 0 Å². The van der Waals surface area contributed by atoms with Crippen molar-refractivity contribution in [3.8, 4) is 0 Å². The summed E-state index contributed by atoms with van der Waals surface area (Å²) in [5.74, 6) is 1.03. The Bertz CT molecular complexity index is 324. The normalized spacial score (nSPS) is 29.9. The van der Waals surface area contributed by atoms with Gasteiger partial charge in [0.1, 0.15) is 5.82 Å². The molecule has 14 heavy (non-hydrogen) atoms. The summed E-state index contributed by atoms with van der Waals surface area (Å²) in [6.45, 7) is 1.67. The largest absolute Gasteiger partial charge is 0.397 e. The van der Waals surface area contributed by atoms with Crippen LogP contribution in [0.3, 0.4) is 0 Å².